The standard InChI is InChI=1S/C19H31N5O8/c1-3-9(2)15(24-16(28)10-5-4-6-21-10)18(30)22-11(7-13(20)25)17(29)23-12(19(31)32)8-14(26)27/h9-12,15,21H,3-8H2,1-2H3,(H2,20,25)(H,22,30)(H,23,29)(H,24,28)(H,26,27)(H,31,32). The normalized spacial score (nSPS) is 19.1. The van der Waals surface area contributed by atoms with Crippen LogP contribution in [0.25, 0.3) is 0 Å². The van der Waals surface area contributed by atoms with Crippen LogP contribution in [0.15, 0.2) is 0 Å². The number of nitrogens with two attached hydrogens (primary N) is 1. The second-order valence-electron chi connectivity index (χ2n) is 7.75. The molecule has 1 rings (SSSR count). The predicted molar refractivity (Wildman–Crippen MR) is 110 cm³/mol. The summed E-state index contributed by atoms with van der Waals surface area (Å²) >= 11 is 0. The van der Waals surface area contributed by atoms with E-state index in [9.17, 15) is 28.8 Å². The van der Waals surface area contributed by atoms with E-state index >= 15 is 0 Å². The van der Waals surface area contributed by atoms with E-state index in [1.54, 1.807) is 6.92 Å². The third-order valence-corrected chi connectivity index (χ3v) is 5.20. The van der Waals surface area contributed by atoms with Crippen molar-refractivity contribution in [1.82, 2.24) is 21.3 Å². The van der Waals surface area contributed by atoms with Crippen LogP contribution in [0.2, 0.25) is 0 Å². The smallest absolute Gasteiger partial charge is 0.326 e. The van der Waals surface area contributed by atoms with E-state index in [4.69, 9.17) is 15.9 Å². The zero-order chi connectivity index (χ0) is 24.4. The van der Waals surface area contributed by atoms with Gasteiger partial charge in [-0.25, -0.2) is 4.79 Å². The van der Waals surface area contributed by atoms with Gasteiger partial charge in [-0.1, -0.05) is 20.3 Å². The number of carbonyl (C=O) groups is 6. The Kier molecular flexibility index (Phi) is 10.5. The second-order valence-corrected chi connectivity index (χ2v) is 7.75. The number of carboxylic acid groups (broad SMARTS) is 2. The Morgan fingerprint density at radius 1 is 1.00 bits per heavy atom. The van der Waals surface area contributed by atoms with E-state index in [0.29, 0.717) is 19.4 Å². The fourth-order valence-corrected chi connectivity index (χ4v) is 3.18. The molecular formula is C19H31N5O8. The molecule has 0 aromatic rings. The Morgan fingerprint density at radius 2 is 1.62 bits per heavy atom. The maximum atomic E-state index is 12.9. The van der Waals surface area contributed by atoms with Crippen molar-refractivity contribution in [2.45, 2.75) is 70.1 Å². The molecule has 0 spiro atoms. The van der Waals surface area contributed by atoms with Crippen LogP contribution >= 0.6 is 0 Å². The van der Waals surface area contributed by atoms with Gasteiger partial charge in [-0.2, -0.15) is 0 Å². The summed E-state index contributed by atoms with van der Waals surface area (Å²) in [6.07, 6.45) is 0.400. The Morgan fingerprint density at radius 3 is 2.09 bits per heavy atom. The number of aliphatic carboxylic acids is 2. The quantitative estimate of drug-likeness (QED) is 0.158. The molecule has 0 bridgehead atoms. The van der Waals surface area contributed by atoms with E-state index in [1.165, 1.54) is 0 Å². The van der Waals surface area contributed by atoms with Crippen molar-refractivity contribution >= 4 is 35.6 Å². The van der Waals surface area contributed by atoms with Gasteiger partial charge in [-0.3, -0.25) is 24.0 Å². The van der Waals surface area contributed by atoms with E-state index < -0.39 is 66.7 Å². The Labute approximate surface area is 184 Å². The molecule has 1 heterocycles. The summed E-state index contributed by atoms with van der Waals surface area (Å²) in [6, 6.07) is -4.78. The fraction of sp³-hybridized carbons (Fsp3) is 0.684. The molecule has 0 aromatic heterocycles. The number of nitrogens with one attached hydrogen (secondary N) is 4. The Balaban J connectivity index is 2.96. The molecule has 5 unspecified atom stereocenters. The maximum Gasteiger partial charge on any atom is 0.326 e. The summed E-state index contributed by atoms with van der Waals surface area (Å²) in [6.45, 7) is 4.21. The lowest BCUT2D eigenvalue weighted by Gasteiger charge is -2.27. The van der Waals surface area contributed by atoms with Gasteiger partial charge in [0.25, 0.3) is 0 Å². The van der Waals surface area contributed by atoms with E-state index in [2.05, 4.69) is 16.0 Å². The summed E-state index contributed by atoms with van der Waals surface area (Å²) in [7, 11) is 0. The fourth-order valence-electron chi connectivity index (χ4n) is 3.18. The third-order valence-electron chi connectivity index (χ3n) is 5.20. The zero-order valence-corrected chi connectivity index (χ0v) is 18.1. The van der Waals surface area contributed by atoms with Crippen molar-refractivity contribution in [2.24, 2.45) is 11.7 Å². The molecule has 1 saturated heterocycles. The predicted octanol–water partition coefficient (Wildman–Crippen LogP) is -2.33. The molecule has 4 amide bonds. The number of carboxylic acids is 2. The highest BCUT2D eigenvalue weighted by molar-refractivity contribution is 5.96. The third kappa shape index (κ3) is 8.49. The largest absolute Gasteiger partial charge is 0.481 e. The van der Waals surface area contributed by atoms with Crippen LogP contribution < -0.4 is 27.0 Å². The highest BCUT2D eigenvalue weighted by atomic mass is 16.4. The average Bonchev–Trinajstić information content (AvgIpc) is 3.24. The minimum atomic E-state index is -1.77. The molecule has 0 aromatic carbocycles. The van der Waals surface area contributed by atoms with Crippen LogP contribution in [-0.4, -0.2) is 76.5 Å². The highest BCUT2D eigenvalue weighted by Gasteiger charge is 2.34. The first-order valence-corrected chi connectivity index (χ1v) is 10.3. The molecule has 1 fully saturated rings. The van der Waals surface area contributed by atoms with Crippen LogP contribution in [-0.2, 0) is 28.8 Å². The molecule has 180 valence electrons. The van der Waals surface area contributed by atoms with Crippen LogP contribution in [0, 0.1) is 5.92 Å². The van der Waals surface area contributed by atoms with Crippen LogP contribution in [0.5, 0.6) is 0 Å². The van der Waals surface area contributed by atoms with Crippen molar-refractivity contribution in [2.75, 3.05) is 6.54 Å². The molecular weight excluding hydrogens is 426 g/mol. The van der Waals surface area contributed by atoms with Crippen LogP contribution in [0.4, 0.5) is 0 Å². The number of primary amides is 1. The summed E-state index contributed by atoms with van der Waals surface area (Å²) in [5.74, 6) is -6.54. The topological polar surface area (TPSA) is 217 Å². The first kappa shape index (κ1) is 26.8. The molecule has 1 aliphatic heterocycles. The van der Waals surface area contributed by atoms with Gasteiger partial charge in [0.05, 0.1) is 18.9 Å². The molecule has 5 atom stereocenters. The van der Waals surface area contributed by atoms with Gasteiger partial charge >= 0.3 is 11.9 Å². The molecule has 1 aliphatic rings. The van der Waals surface area contributed by atoms with Crippen molar-refractivity contribution < 1.29 is 39.0 Å². The molecule has 13 nitrogen and oxygen atoms in total. The van der Waals surface area contributed by atoms with Gasteiger partial charge in [0.2, 0.25) is 23.6 Å². The van der Waals surface area contributed by atoms with Gasteiger partial charge in [0.1, 0.15) is 18.1 Å². The van der Waals surface area contributed by atoms with Crippen LogP contribution in [0.1, 0.15) is 46.0 Å². The van der Waals surface area contributed by atoms with Crippen molar-refractivity contribution in [3.8, 4) is 0 Å². The molecule has 0 saturated carbocycles. The first-order valence-electron chi connectivity index (χ1n) is 10.3. The molecule has 8 N–H and O–H groups in total. The van der Waals surface area contributed by atoms with Crippen molar-refractivity contribution in [1.29, 1.82) is 0 Å². The number of rotatable bonds is 13. The molecule has 0 aliphatic carbocycles. The van der Waals surface area contributed by atoms with Gasteiger partial charge in [-0.15, -0.1) is 0 Å². The van der Waals surface area contributed by atoms with E-state index in [1.807, 2.05) is 12.2 Å². The minimum absolute atomic E-state index is 0.323. The van der Waals surface area contributed by atoms with Crippen molar-refractivity contribution in [3.63, 3.8) is 0 Å². The first-order chi connectivity index (χ1) is 15.0. The van der Waals surface area contributed by atoms with Gasteiger partial charge in [0, 0.05) is 0 Å². The van der Waals surface area contributed by atoms with Gasteiger partial charge < -0.3 is 37.2 Å². The lowest BCUT2D eigenvalue weighted by atomic mass is 9.97. The lowest BCUT2D eigenvalue weighted by Crippen LogP contribution is -2.59. The second kappa shape index (κ2) is 12.6. The SMILES string of the molecule is CCC(C)C(NC(=O)C1CCCN1)C(=O)NC(CC(N)=O)C(=O)NC(CC(=O)O)C(=O)O. The average molecular weight is 457 g/mol. The van der Waals surface area contributed by atoms with Crippen LogP contribution in [0.3, 0.4) is 0 Å². The Bertz CT molecular complexity index is 737. The summed E-state index contributed by atoms with van der Waals surface area (Å²) < 4.78 is 0. The molecule has 13 heteroatoms. The molecule has 0 radical (unpaired) electrons. The van der Waals surface area contributed by atoms with E-state index in [0.717, 1.165) is 6.42 Å². The monoisotopic (exact) mass is 457 g/mol. The molecule has 32 heavy (non-hydrogen) atoms. The van der Waals surface area contributed by atoms with Gasteiger partial charge in [0.15, 0.2) is 0 Å². The Hall–Kier alpha value is -3.22. The van der Waals surface area contributed by atoms with Gasteiger partial charge in [-0.05, 0) is 25.3 Å². The highest BCUT2D eigenvalue weighted by Crippen LogP contribution is 2.11. The number of hydrogen-bond acceptors (Lipinski definition) is 7. The lowest BCUT2D eigenvalue weighted by molar-refractivity contribution is -0.147. The summed E-state index contributed by atoms with van der Waals surface area (Å²) in [5.41, 5.74) is 5.15. The van der Waals surface area contributed by atoms with E-state index in [-0.39, 0.29) is 11.8 Å². The number of amides is 4. The minimum Gasteiger partial charge on any atom is -0.481 e. The number of carbonyl (C=O) groups excluding carboxylic acids is 4. The number of hydrogen-bond donors (Lipinski definition) is 7. The summed E-state index contributed by atoms with van der Waals surface area (Å²) in [5, 5.41) is 27.9. The summed E-state index contributed by atoms with van der Waals surface area (Å²) in [4.78, 5) is 71.3. The zero-order valence-electron chi connectivity index (χ0n) is 18.1. The maximum absolute atomic E-state index is 12.9. The van der Waals surface area contributed by atoms with Crippen molar-refractivity contribution in [3.05, 3.63) is 0 Å².